The molecule has 0 radical (unpaired) electrons. The number of nitrogens with zero attached hydrogens (tertiary/aromatic N) is 3. The van der Waals surface area contributed by atoms with Gasteiger partial charge in [-0.3, -0.25) is 25.0 Å². The molecule has 0 saturated carbocycles. The Balaban J connectivity index is 1.94. The van der Waals surface area contributed by atoms with E-state index in [0.717, 1.165) is 11.0 Å². The maximum Gasteiger partial charge on any atom is 0.283 e. The average molecular weight is 466 g/mol. The van der Waals surface area contributed by atoms with Crippen LogP contribution >= 0.6 is 23.4 Å². The fraction of sp³-hybridized carbons (Fsp3) is 0. The number of hydrogen-bond donors (Lipinski definition) is 0. The molecule has 8 nitrogen and oxygen atoms in total. The number of allylic oxidation sites excluding steroid dienone is 1. The first-order valence-corrected chi connectivity index (χ1v) is 10.1. The minimum atomic E-state index is -0.724. The molecule has 32 heavy (non-hydrogen) atoms. The molecule has 0 aliphatic rings. The van der Waals surface area contributed by atoms with E-state index in [1.54, 1.807) is 36.4 Å². The molecule has 3 aromatic carbocycles. The van der Waals surface area contributed by atoms with Crippen LogP contribution in [-0.2, 0) is 0 Å². The quantitative estimate of drug-likeness (QED) is 0.135. The Labute approximate surface area is 191 Å². The monoisotopic (exact) mass is 465 g/mol. The van der Waals surface area contributed by atoms with Crippen molar-refractivity contribution >= 4 is 46.6 Å². The van der Waals surface area contributed by atoms with E-state index < -0.39 is 15.6 Å². The van der Waals surface area contributed by atoms with E-state index in [4.69, 9.17) is 11.6 Å². The summed E-state index contributed by atoms with van der Waals surface area (Å²) in [5.41, 5.74) is -0.548. The number of halogens is 1. The zero-order chi connectivity index (χ0) is 23.3. The maximum absolute atomic E-state index is 12.6. The molecule has 3 aromatic rings. The van der Waals surface area contributed by atoms with Crippen LogP contribution in [0.5, 0.6) is 0 Å². The molecule has 0 aliphatic heterocycles. The lowest BCUT2D eigenvalue weighted by atomic mass is 10.0. The number of hydrogen-bond acceptors (Lipinski definition) is 7. The van der Waals surface area contributed by atoms with Crippen LogP contribution in [0.15, 0.2) is 82.1 Å². The topological polar surface area (TPSA) is 127 Å². The van der Waals surface area contributed by atoms with Crippen molar-refractivity contribution in [3.8, 4) is 6.07 Å². The van der Waals surface area contributed by atoms with Crippen LogP contribution < -0.4 is 0 Å². The molecule has 0 saturated heterocycles. The highest BCUT2D eigenvalue weighted by molar-refractivity contribution is 7.99. The van der Waals surface area contributed by atoms with Crippen molar-refractivity contribution in [2.45, 2.75) is 9.79 Å². The Morgan fingerprint density at radius 1 is 1.00 bits per heavy atom. The minimum absolute atomic E-state index is 0.0311. The first-order valence-electron chi connectivity index (χ1n) is 8.91. The number of Topliss-reactive ketones (excluding diaryl/α,β-unsaturated/α-hetero) is 1. The van der Waals surface area contributed by atoms with Gasteiger partial charge in [0.05, 0.1) is 14.7 Å². The lowest BCUT2D eigenvalue weighted by Gasteiger charge is -2.05. The van der Waals surface area contributed by atoms with Gasteiger partial charge in [-0.1, -0.05) is 41.6 Å². The lowest BCUT2D eigenvalue weighted by Crippen LogP contribution is -2.03. The summed E-state index contributed by atoms with van der Waals surface area (Å²) < 4.78 is 0. The predicted octanol–water partition coefficient (Wildman–Crippen LogP) is 6.10. The number of carbonyl (C=O) groups is 1. The lowest BCUT2D eigenvalue weighted by molar-refractivity contribution is -0.387. The Morgan fingerprint density at radius 2 is 1.72 bits per heavy atom. The van der Waals surface area contributed by atoms with Crippen molar-refractivity contribution < 1.29 is 14.6 Å². The maximum atomic E-state index is 12.6. The van der Waals surface area contributed by atoms with Gasteiger partial charge in [-0.15, -0.1) is 0 Å². The highest BCUT2D eigenvalue weighted by Gasteiger charge is 2.18. The normalized spacial score (nSPS) is 10.9. The van der Waals surface area contributed by atoms with Gasteiger partial charge in [-0.2, -0.15) is 5.26 Å². The second-order valence-electron chi connectivity index (χ2n) is 6.35. The van der Waals surface area contributed by atoms with Crippen LogP contribution in [0.25, 0.3) is 6.08 Å². The number of nitriles is 1. The van der Waals surface area contributed by atoms with Crippen LogP contribution in [0.3, 0.4) is 0 Å². The smallest absolute Gasteiger partial charge is 0.283 e. The molecule has 0 heterocycles. The van der Waals surface area contributed by atoms with Crippen molar-refractivity contribution in [2.24, 2.45) is 0 Å². The Morgan fingerprint density at radius 3 is 2.34 bits per heavy atom. The van der Waals surface area contributed by atoms with Crippen molar-refractivity contribution in [3.05, 3.63) is 109 Å². The summed E-state index contributed by atoms with van der Waals surface area (Å²) in [6.45, 7) is 0. The zero-order valence-corrected chi connectivity index (χ0v) is 17.7. The number of rotatable bonds is 7. The molecule has 0 aliphatic carbocycles. The van der Waals surface area contributed by atoms with Gasteiger partial charge >= 0.3 is 0 Å². The Hall–Kier alpha value is -4.00. The van der Waals surface area contributed by atoms with Crippen LogP contribution in [0, 0.1) is 31.6 Å². The molecular formula is C22H12ClN3O5S. The van der Waals surface area contributed by atoms with Gasteiger partial charge in [0.1, 0.15) is 11.6 Å². The second-order valence-corrected chi connectivity index (χ2v) is 7.90. The van der Waals surface area contributed by atoms with Gasteiger partial charge < -0.3 is 0 Å². The molecule has 0 amide bonds. The fourth-order valence-corrected chi connectivity index (χ4v) is 3.74. The molecule has 0 unspecified atom stereocenters. The zero-order valence-electron chi connectivity index (χ0n) is 16.1. The van der Waals surface area contributed by atoms with Gasteiger partial charge in [0.2, 0.25) is 5.78 Å². The second kappa shape index (κ2) is 9.87. The predicted molar refractivity (Wildman–Crippen MR) is 120 cm³/mol. The molecular weight excluding hydrogens is 454 g/mol. The summed E-state index contributed by atoms with van der Waals surface area (Å²) in [5, 5.41) is 32.5. The average Bonchev–Trinajstić information content (AvgIpc) is 2.79. The largest absolute Gasteiger partial charge is 0.288 e. The van der Waals surface area contributed by atoms with Crippen LogP contribution in [0.1, 0.15) is 15.9 Å². The number of carbonyl (C=O) groups excluding carboxylic acids is 1. The van der Waals surface area contributed by atoms with E-state index in [1.165, 1.54) is 48.2 Å². The van der Waals surface area contributed by atoms with Crippen molar-refractivity contribution in [1.29, 1.82) is 5.26 Å². The van der Waals surface area contributed by atoms with Crippen LogP contribution in [0.4, 0.5) is 11.4 Å². The van der Waals surface area contributed by atoms with Gasteiger partial charge in [0.15, 0.2) is 0 Å². The van der Waals surface area contributed by atoms with E-state index in [2.05, 4.69) is 0 Å². The SMILES string of the molecule is N#CC(=Cc1ccc(Sc2ccc(Cl)cc2)c([N+](=O)[O-])c1)C(=O)c1cccc([N+](=O)[O-])c1. The Bertz CT molecular complexity index is 1300. The summed E-state index contributed by atoms with van der Waals surface area (Å²) in [4.78, 5) is 35.1. The van der Waals surface area contributed by atoms with E-state index >= 15 is 0 Å². The van der Waals surface area contributed by atoms with E-state index in [-0.39, 0.29) is 28.1 Å². The fourth-order valence-electron chi connectivity index (χ4n) is 2.71. The first-order chi connectivity index (χ1) is 15.3. The standard InChI is InChI=1S/C22H12ClN3O5S/c23-17-5-7-19(8-6-17)32-21-9-4-14(11-20(21)26(30)31)10-16(13-24)22(27)15-2-1-3-18(12-15)25(28)29/h1-12H. The van der Waals surface area contributed by atoms with E-state index in [1.807, 2.05) is 0 Å². The molecule has 10 heteroatoms. The summed E-state index contributed by atoms with van der Waals surface area (Å²) in [5.74, 6) is -0.724. The highest BCUT2D eigenvalue weighted by Crippen LogP contribution is 2.36. The molecule has 0 fully saturated rings. The van der Waals surface area contributed by atoms with Gasteiger partial charge in [-0.25, -0.2) is 0 Å². The third kappa shape index (κ3) is 5.37. The summed E-state index contributed by atoms with van der Waals surface area (Å²) >= 11 is 7.04. The first kappa shape index (κ1) is 22.7. The van der Waals surface area contributed by atoms with Crippen molar-refractivity contribution in [3.63, 3.8) is 0 Å². The summed E-state index contributed by atoms with van der Waals surface area (Å²) in [7, 11) is 0. The molecule has 0 spiro atoms. The molecule has 0 N–H and O–H groups in total. The minimum Gasteiger partial charge on any atom is -0.288 e. The number of non-ortho nitro benzene ring substituents is 1. The molecule has 0 bridgehead atoms. The Kier molecular flexibility index (Phi) is 7.00. The molecule has 0 aromatic heterocycles. The highest BCUT2D eigenvalue weighted by atomic mass is 35.5. The number of nitro groups is 2. The van der Waals surface area contributed by atoms with Gasteiger partial charge in [0.25, 0.3) is 11.4 Å². The molecule has 0 atom stereocenters. The van der Waals surface area contributed by atoms with E-state index in [0.29, 0.717) is 9.92 Å². The molecule has 158 valence electrons. The van der Waals surface area contributed by atoms with Crippen LogP contribution in [-0.4, -0.2) is 15.6 Å². The summed E-state index contributed by atoms with van der Waals surface area (Å²) in [6, 6.07) is 17.9. The van der Waals surface area contributed by atoms with Gasteiger partial charge in [0, 0.05) is 33.7 Å². The third-order valence-corrected chi connectivity index (χ3v) is 5.54. The summed E-state index contributed by atoms with van der Waals surface area (Å²) in [6.07, 6.45) is 1.21. The van der Waals surface area contributed by atoms with Crippen LogP contribution in [0.2, 0.25) is 5.02 Å². The number of ketones is 1. The van der Waals surface area contributed by atoms with Gasteiger partial charge in [-0.05, 0) is 42.0 Å². The third-order valence-electron chi connectivity index (χ3n) is 4.22. The molecule has 3 rings (SSSR count). The van der Waals surface area contributed by atoms with Crippen molar-refractivity contribution in [2.75, 3.05) is 0 Å². The number of nitro benzene ring substituents is 2. The number of benzene rings is 3. The van der Waals surface area contributed by atoms with E-state index in [9.17, 15) is 30.3 Å². The van der Waals surface area contributed by atoms with Crippen molar-refractivity contribution in [1.82, 2.24) is 0 Å².